The number of para-hydroxylation sites is 1. The molecule has 2 N–H and O–H groups in total. The van der Waals surface area contributed by atoms with Gasteiger partial charge in [-0.25, -0.2) is 4.98 Å². The Morgan fingerprint density at radius 2 is 2.14 bits per heavy atom. The van der Waals surface area contributed by atoms with Crippen molar-refractivity contribution >= 4 is 34.3 Å². The number of nitrogens with zero attached hydrogens (tertiary/aromatic N) is 1. The number of rotatable bonds is 6. The molecule has 21 heavy (non-hydrogen) atoms. The Morgan fingerprint density at radius 3 is 2.86 bits per heavy atom. The quantitative estimate of drug-likeness (QED) is 0.861. The Hall–Kier alpha value is -1.75. The van der Waals surface area contributed by atoms with Crippen LogP contribution in [0.4, 0.5) is 5.69 Å². The summed E-state index contributed by atoms with van der Waals surface area (Å²) in [6.45, 7) is 4.13. The number of carbonyl (C=O) groups excluding carboxylic acids is 1. The molecule has 0 aliphatic heterocycles. The van der Waals surface area contributed by atoms with Gasteiger partial charge in [0.1, 0.15) is 5.69 Å². The highest BCUT2D eigenvalue weighted by atomic mass is 32.2. The van der Waals surface area contributed by atoms with Crippen molar-refractivity contribution in [1.82, 2.24) is 10.3 Å². The standard InChI is InChI=1S/C16H21N3OS/c1-4-21-10-11(2)18-16(20)15-9-14(17-3)12-7-5-6-8-13(12)19-15/h5-9,11H,4,10H2,1-3H3,(H,17,19)(H,18,20). The number of hydrogen-bond acceptors (Lipinski definition) is 4. The van der Waals surface area contributed by atoms with Crippen LogP contribution in [-0.2, 0) is 0 Å². The van der Waals surface area contributed by atoms with Gasteiger partial charge in [0.2, 0.25) is 0 Å². The van der Waals surface area contributed by atoms with E-state index >= 15 is 0 Å². The van der Waals surface area contributed by atoms with E-state index < -0.39 is 0 Å². The molecule has 1 heterocycles. The van der Waals surface area contributed by atoms with Crippen molar-refractivity contribution in [3.8, 4) is 0 Å². The van der Waals surface area contributed by atoms with Crippen LogP contribution < -0.4 is 10.6 Å². The summed E-state index contributed by atoms with van der Waals surface area (Å²) in [7, 11) is 1.85. The molecule has 4 nitrogen and oxygen atoms in total. The van der Waals surface area contributed by atoms with Crippen molar-refractivity contribution < 1.29 is 4.79 Å². The van der Waals surface area contributed by atoms with E-state index in [9.17, 15) is 4.79 Å². The second kappa shape index (κ2) is 7.31. The molecule has 112 valence electrons. The number of benzene rings is 1. The third-order valence-corrected chi connectivity index (χ3v) is 4.31. The molecular formula is C16H21N3OS. The zero-order valence-corrected chi connectivity index (χ0v) is 13.5. The molecular weight excluding hydrogens is 282 g/mol. The van der Waals surface area contributed by atoms with Crippen LogP contribution in [0.3, 0.4) is 0 Å². The molecule has 0 saturated carbocycles. The zero-order valence-electron chi connectivity index (χ0n) is 12.6. The average Bonchev–Trinajstić information content (AvgIpc) is 2.51. The number of hydrogen-bond donors (Lipinski definition) is 2. The van der Waals surface area contributed by atoms with Gasteiger partial charge >= 0.3 is 0 Å². The fourth-order valence-corrected chi connectivity index (χ4v) is 2.81. The largest absolute Gasteiger partial charge is 0.388 e. The van der Waals surface area contributed by atoms with Gasteiger partial charge < -0.3 is 10.6 Å². The minimum absolute atomic E-state index is 0.124. The van der Waals surface area contributed by atoms with Crippen LogP contribution in [0.2, 0.25) is 0 Å². The molecule has 0 aliphatic rings. The third kappa shape index (κ3) is 3.88. The Labute approximate surface area is 129 Å². The van der Waals surface area contributed by atoms with Gasteiger partial charge in [-0.15, -0.1) is 0 Å². The highest BCUT2D eigenvalue weighted by molar-refractivity contribution is 7.99. The molecule has 2 rings (SSSR count). The van der Waals surface area contributed by atoms with Gasteiger partial charge in [0, 0.05) is 29.9 Å². The highest BCUT2D eigenvalue weighted by Crippen LogP contribution is 2.22. The van der Waals surface area contributed by atoms with Crippen LogP contribution in [0.1, 0.15) is 24.3 Å². The highest BCUT2D eigenvalue weighted by Gasteiger charge is 2.13. The predicted molar refractivity (Wildman–Crippen MR) is 91.2 cm³/mol. The van der Waals surface area contributed by atoms with Crippen LogP contribution in [0.5, 0.6) is 0 Å². The molecule has 1 unspecified atom stereocenters. The van der Waals surface area contributed by atoms with Crippen molar-refractivity contribution in [3.63, 3.8) is 0 Å². The maximum Gasteiger partial charge on any atom is 0.270 e. The molecule has 1 amide bonds. The molecule has 5 heteroatoms. The molecule has 1 aromatic carbocycles. The molecule has 0 spiro atoms. The topological polar surface area (TPSA) is 54.0 Å². The monoisotopic (exact) mass is 303 g/mol. The van der Waals surface area contributed by atoms with Crippen LogP contribution in [0, 0.1) is 0 Å². The SMILES string of the molecule is CCSCC(C)NC(=O)c1cc(NC)c2ccccc2n1. The fraction of sp³-hybridized carbons (Fsp3) is 0.375. The number of nitrogens with one attached hydrogen (secondary N) is 2. The van der Waals surface area contributed by atoms with E-state index in [4.69, 9.17) is 0 Å². The van der Waals surface area contributed by atoms with Gasteiger partial charge in [-0.1, -0.05) is 25.1 Å². The van der Waals surface area contributed by atoms with Crippen LogP contribution in [-0.4, -0.2) is 35.5 Å². The zero-order chi connectivity index (χ0) is 15.2. The number of anilines is 1. The number of pyridine rings is 1. The molecule has 0 bridgehead atoms. The minimum atomic E-state index is -0.124. The minimum Gasteiger partial charge on any atom is -0.388 e. The normalized spacial score (nSPS) is 12.1. The van der Waals surface area contributed by atoms with E-state index in [1.54, 1.807) is 6.07 Å². The van der Waals surface area contributed by atoms with Gasteiger partial charge in [0.05, 0.1) is 5.52 Å². The average molecular weight is 303 g/mol. The summed E-state index contributed by atoms with van der Waals surface area (Å²) in [6.07, 6.45) is 0. The van der Waals surface area contributed by atoms with E-state index in [1.807, 2.05) is 50.0 Å². The second-order valence-electron chi connectivity index (χ2n) is 4.86. The first-order chi connectivity index (χ1) is 10.2. The fourth-order valence-electron chi connectivity index (χ4n) is 2.13. The van der Waals surface area contributed by atoms with Gasteiger partial charge in [-0.2, -0.15) is 11.8 Å². The van der Waals surface area contributed by atoms with E-state index in [0.717, 1.165) is 28.1 Å². The number of aromatic nitrogens is 1. The first-order valence-corrected chi connectivity index (χ1v) is 8.27. The van der Waals surface area contributed by atoms with Gasteiger partial charge in [0.25, 0.3) is 5.91 Å². The molecule has 1 aromatic heterocycles. The van der Waals surface area contributed by atoms with E-state index in [-0.39, 0.29) is 11.9 Å². The molecule has 0 fully saturated rings. The summed E-state index contributed by atoms with van der Waals surface area (Å²) >= 11 is 1.82. The number of thioether (sulfide) groups is 1. The van der Waals surface area contributed by atoms with E-state index in [0.29, 0.717) is 5.69 Å². The van der Waals surface area contributed by atoms with Crippen molar-refractivity contribution in [1.29, 1.82) is 0 Å². The van der Waals surface area contributed by atoms with E-state index in [1.165, 1.54) is 0 Å². The number of amides is 1. The summed E-state index contributed by atoms with van der Waals surface area (Å²) in [6, 6.07) is 9.75. The van der Waals surface area contributed by atoms with Crippen molar-refractivity contribution in [2.45, 2.75) is 19.9 Å². The lowest BCUT2D eigenvalue weighted by Gasteiger charge is -2.14. The van der Waals surface area contributed by atoms with E-state index in [2.05, 4.69) is 22.5 Å². The molecule has 0 saturated heterocycles. The molecule has 0 radical (unpaired) electrons. The molecule has 1 atom stereocenters. The summed E-state index contributed by atoms with van der Waals surface area (Å²) < 4.78 is 0. The van der Waals surface area contributed by atoms with Gasteiger partial charge in [0.15, 0.2) is 0 Å². The first-order valence-electron chi connectivity index (χ1n) is 7.11. The maximum atomic E-state index is 12.3. The van der Waals surface area contributed by atoms with Crippen LogP contribution in [0.25, 0.3) is 10.9 Å². The second-order valence-corrected chi connectivity index (χ2v) is 6.18. The summed E-state index contributed by atoms with van der Waals surface area (Å²) in [5.41, 5.74) is 2.19. The van der Waals surface area contributed by atoms with Crippen LogP contribution in [0.15, 0.2) is 30.3 Å². The molecule has 2 aromatic rings. The summed E-state index contributed by atoms with van der Waals surface area (Å²) in [5, 5.41) is 7.15. The number of fused-ring (bicyclic) bond motifs is 1. The molecule has 0 aliphatic carbocycles. The third-order valence-electron chi connectivity index (χ3n) is 3.17. The predicted octanol–water partition coefficient (Wildman–Crippen LogP) is 3.15. The first kappa shape index (κ1) is 15.6. The maximum absolute atomic E-state index is 12.3. The van der Waals surface area contributed by atoms with Crippen molar-refractivity contribution in [2.75, 3.05) is 23.9 Å². The lowest BCUT2D eigenvalue weighted by Crippen LogP contribution is -2.34. The van der Waals surface area contributed by atoms with Gasteiger partial charge in [-0.3, -0.25) is 4.79 Å². The lowest BCUT2D eigenvalue weighted by molar-refractivity contribution is 0.0939. The summed E-state index contributed by atoms with van der Waals surface area (Å²) in [4.78, 5) is 16.8. The Balaban J connectivity index is 2.23. The Kier molecular flexibility index (Phi) is 5.44. The number of carbonyl (C=O) groups is 1. The van der Waals surface area contributed by atoms with Crippen molar-refractivity contribution in [2.24, 2.45) is 0 Å². The van der Waals surface area contributed by atoms with Gasteiger partial charge in [-0.05, 0) is 24.8 Å². The lowest BCUT2D eigenvalue weighted by atomic mass is 10.1. The summed E-state index contributed by atoms with van der Waals surface area (Å²) in [5.74, 6) is 1.84. The van der Waals surface area contributed by atoms with Crippen molar-refractivity contribution in [3.05, 3.63) is 36.0 Å². The Morgan fingerprint density at radius 1 is 1.38 bits per heavy atom. The van der Waals surface area contributed by atoms with Crippen LogP contribution >= 0.6 is 11.8 Å². The smallest absolute Gasteiger partial charge is 0.270 e. The Bertz CT molecular complexity index is 630.